The summed E-state index contributed by atoms with van der Waals surface area (Å²) in [6.07, 6.45) is 0.836. The molecule has 1 fully saturated rings. The number of benzene rings is 1. The molecular formula is C20H30F2IN7S. The number of anilines is 1. The van der Waals surface area contributed by atoms with E-state index in [1.165, 1.54) is 29.7 Å². The van der Waals surface area contributed by atoms with E-state index in [1.54, 1.807) is 11.9 Å². The largest absolute Gasteiger partial charge is 0.354 e. The van der Waals surface area contributed by atoms with Crippen LogP contribution in [0.25, 0.3) is 0 Å². The maximum atomic E-state index is 14.3. The van der Waals surface area contributed by atoms with E-state index in [-0.39, 0.29) is 29.5 Å². The molecular weight excluding hydrogens is 535 g/mol. The molecule has 0 amide bonds. The van der Waals surface area contributed by atoms with Gasteiger partial charge in [0, 0.05) is 63.3 Å². The number of hydrogen-bond donors (Lipinski definition) is 1. The van der Waals surface area contributed by atoms with Crippen LogP contribution in [0.1, 0.15) is 24.4 Å². The maximum absolute atomic E-state index is 14.3. The molecule has 1 unspecified atom stereocenters. The Kier molecular flexibility index (Phi) is 9.82. The summed E-state index contributed by atoms with van der Waals surface area (Å²) in [6.45, 7) is 5.58. The molecule has 1 N–H and O–H groups in total. The van der Waals surface area contributed by atoms with Gasteiger partial charge in [-0.15, -0.1) is 24.0 Å². The molecule has 7 nitrogen and oxygen atoms in total. The van der Waals surface area contributed by atoms with Crippen LogP contribution in [-0.4, -0.2) is 79.0 Å². The Morgan fingerprint density at radius 1 is 1.23 bits per heavy atom. The summed E-state index contributed by atoms with van der Waals surface area (Å²) in [4.78, 5) is 15.1. The molecule has 172 valence electrons. The van der Waals surface area contributed by atoms with Crippen molar-refractivity contribution in [3.05, 3.63) is 41.2 Å². The fourth-order valence-electron chi connectivity index (χ4n) is 3.52. The van der Waals surface area contributed by atoms with E-state index in [1.807, 2.05) is 21.0 Å². The van der Waals surface area contributed by atoms with Crippen LogP contribution in [0.2, 0.25) is 0 Å². The first-order chi connectivity index (χ1) is 14.4. The van der Waals surface area contributed by atoms with E-state index in [9.17, 15) is 8.78 Å². The normalized spacial score (nSPS) is 15.8. The monoisotopic (exact) mass is 565 g/mol. The van der Waals surface area contributed by atoms with E-state index < -0.39 is 17.7 Å². The van der Waals surface area contributed by atoms with Crippen molar-refractivity contribution >= 4 is 46.6 Å². The SMILES string of the molecule is CCc1nsc(N2CCN(C(=NC)NCC(c3c(F)cccc3F)N(C)C)CC2)n1.I. The lowest BCUT2D eigenvalue weighted by atomic mass is 10.0. The molecule has 2 heterocycles. The number of nitrogens with zero attached hydrogens (tertiary/aromatic N) is 6. The fourth-order valence-corrected chi connectivity index (χ4v) is 4.32. The Morgan fingerprint density at radius 3 is 2.39 bits per heavy atom. The molecule has 31 heavy (non-hydrogen) atoms. The first-order valence-electron chi connectivity index (χ1n) is 10.1. The molecule has 1 atom stereocenters. The number of aryl methyl sites for hydroxylation is 1. The Balaban J connectivity index is 0.00000341. The van der Waals surface area contributed by atoms with E-state index >= 15 is 0 Å². The Labute approximate surface area is 203 Å². The van der Waals surface area contributed by atoms with Gasteiger partial charge in [0.2, 0.25) is 5.13 Å². The van der Waals surface area contributed by atoms with E-state index in [4.69, 9.17) is 0 Å². The van der Waals surface area contributed by atoms with Crippen LogP contribution in [0, 0.1) is 11.6 Å². The van der Waals surface area contributed by atoms with Crippen molar-refractivity contribution in [1.82, 2.24) is 24.5 Å². The smallest absolute Gasteiger partial charge is 0.205 e. The highest BCUT2D eigenvalue weighted by molar-refractivity contribution is 14.0. The molecule has 1 aliphatic heterocycles. The zero-order chi connectivity index (χ0) is 21.7. The van der Waals surface area contributed by atoms with E-state index in [0.717, 1.165) is 49.5 Å². The van der Waals surface area contributed by atoms with Crippen LogP contribution < -0.4 is 10.2 Å². The average molecular weight is 565 g/mol. The summed E-state index contributed by atoms with van der Waals surface area (Å²) in [6, 6.07) is 3.51. The zero-order valence-electron chi connectivity index (χ0n) is 18.3. The first-order valence-corrected chi connectivity index (χ1v) is 10.8. The number of nitrogens with one attached hydrogen (secondary N) is 1. The van der Waals surface area contributed by atoms with Crippen LogP contribution in [0.4, 0.5) is 13.9 Å². The van der Waals surface area contributed by atoms with Crippen molar-refractivity contribution in [2.45, 2.75) is 19.4 Å². The first kappa shape index (κ1) is 25.7. The number of aliphatic imine (C=N–C) groups is 1. The van der Waals surface area contributed by atoms with Gasteiger partial charge in [-0.25, -0.2) is 13.8 Å². The molecule has 1 aliphatic rings. The summed E-state index contributed by atoms with van der Waals surface area (Å²) in [7, 11) is 5.35. The summed E-state index contributed by atoms with van der Waals surface area (Å²) in [5.74, 6) is 0.528. The molecule has 0 spiro atoms. The molecule has 0 saturated carbocycles. The predicted octanol–water partition coefficient (Wildman–Crippen LogP) is 3.00. The third-order valence-corrected chi connectivity index (χ3v) is 6.06. The van der Waals surface area contributed by atoms with Crippen LogP contribution >= 0.6 is 35.5 Å². The van der Waals surface area contributed by atoms with Gasteiger partial charge in [-0.05, 0) is 26.2 Å². The van der Waals surface area contributed by atoms with Gasteiger partial charge in [0.05, 0.1) is 6.04 Å². The third-order valence-electron chi connectivity index (χ3n) is 5.24. The average Bonchev–Trinajstić information content (AvgIpc) is 3.22. The standard InChI is InChI=1S/C20H29F2N7S.HI/c1-5-17-25-20(30-26-17)29-11-9-28(10-12-29)19(23-2)24-13-16(27(3)4)18-14(21)7-6-8-15(18)22;/h6-8,16H,5,9-13H2,1-4H3,(H,23,24);1H. The number of piperazine rings is 1. The van der Waals surface area contributed by atoms with Gasteiger partial charge in [-0.3, -0.25) is 4.99 Å². The number of rotatable bonds is 6. The van der Waals surface area contributed by atoms with Crippen LogP contribution in [0.15, 0.2) is 23.2 Å². The molecule has 2 aromatic rings. The van der Waals surface area contributed by atoms with Crippen molar-refractivity contribution in [2.75, 3.05) is 58.8 Å². The van der Waals surface area contributed by atoms with Crippen LogP contribution in [0.5, 0.6) is 0 Å². The lowest BCUT2D eigenvalue weighted by Crippen LogP contribution is -2.53. The summed E-state index contributed by atoms with van der Waals surface area (Å²) in [5, 5.41) is 4.25. The fraction of sp³-hybridized carbons (Fsp3) is 0.550. The van der Waals surface area contributed by atoms with Gasteiger partial charge in [0.25, 0.3) is 0 Å². The quantitative estimate of drug-likeness (QED) is 0.331. The van der Waals surface area contributed by atoms with E-state index in [0.29, 0.717) is 6.54 Å². The van der Waals surface area contributed by atoms with Crippen molar-refractivity contribution in [1.29, 1.82) is 0 Å². The minimum atomic E-state index is -0.539. The molecule has 0 radical (unpaired) electrons. The van der Waals surface area contributed by atoms with E-state index in [2.05, 4.69) is 29.5 Å². The Hall–Kier alpha value is -1.60. The summed E-state index contributed by atoms with van der Waals surface area (Å²) < 4.78 is 33.0. The van der Waals surface area contributed by atoms with Gasteiger partial charge < -0.3 is 20.0 Å². The van der Waals surface area contributed by atoms with Crippen LogP contribution in [0.3, 0.4) is 0 Å². The molecule has 11 heteroatoms. The number of halogens is 3. The molecule has 1 aromatic heterocycles. The third kappa shape index (κ3) is 6.22. The topological polar surface area (TPSA) is 59.9 Å². The minimum Gasteiger partial charge on any atom is -0.354 e. The van der Waals surface area contributed by atoms with Gasteiger partial charge in [-0.2, -0.15) is 4.37 Å². The van der Waals surface area contributed by atoms with Crippen LogP contribution in [-0.2, 0) is 6.42 Å². The number of hydrogen-bond acceptors (Lipinski definition) is 6. The van der Waals surface area contributed by atoms with Crippen molar-refractivity contribution < 1.29 is 8.78 Å². The second-order valence-corrected chi connectivity index (χ2v) is 8.09. The second-order valence-electron chi connectivity index (χ2n) is 7.36. The van der Waals surface area contributed by atoms with Crippen molar-refractivity contribution in [3.63, 3.8) is 0 Å². The predicted molar refractivity (Wildman–Crippen MR) is 133 cm³/mol. The highest BCUT2D eigenvalue weighted by Gasteiger charge is 2.25. The summed E-state index contributed by atoms with van der Waals surface area (Å²) >= 11 is 1.44. The Bertz CT molecular complexity index is 849. The number of aromatic nitrogens is 2. The minimum absolute atomic E-state index is 0. The number of guanidine groups is 1. The molecule has 0 aliphatic carbocycles. The van der Waals surface area contributed by atoms with Gasteiger partial charge >= 0.3 is 0 Å². The van der Waals surface area contributed by atoms with Gasteiger partial charge in [0.15, 0.2) is 5.96 Å². The van der Waals surface area contributed by atoms with Crippen molar-refractivity contribution in [3.8, 4) is 0 Å². The lowest BCUT2D eigenvalue weighted by Gasteiger charge is -2.37. The molecule has 1 saturated heterocycles. The Morgan fingerprint density at radius 2 is 1.87 bits per heavy atom. The lowest BCUT2D eigenvalue weighted by molar-refractivity contribution is 0.278. The zero-order valence-corrected chi connectivity index (χ0v) is 21.5. The van der Waals surface area contributed by atoms with Gasteiger partial charge in [0.1, 0.15) is 17.5 Å². The second kappa shape index (κ2) is 11.9. The van der Waals surface area contributed by atoms with Gasteiger partial charge in [-0.1, -0.05) is 13.0 Å². The van der Waals surface area contributed by atoms with Crippen molar-refractivity contribution in [2.24, 2.45) is 4.99 Å². The molecule has 1 aromatic carbocycles. The highest BCUT2D eigenvalue weighted by Crippen LogP contribution is 2.24. The molecule has 3 rings (SSSR count). The number of likely N-dealkylation sites (N-methyl/N-ethyl adjacent to an activating group) is 1. The summed E-state index contributed by atoms with van der Waals surface area (Å²) in [5.41, 5.74) is 0.0678. The maximum Gasteiger partial charge on any atom is 0.205 e. The molecule has 0 bridgehead atoms. The highest BCUT2D eigenvalue weighted by atomic mass is 127.